The second kappa shape index (κ2) is 8.98. The minimum absolute atomic E-state index is 0.104. The van der Waals surface area contributed by atoms with Crippen LogP contribution < -0.4 is 0 Å². The molecule has 7 heteroatoms. The van der Waals surface area contributed by atoms with Crippen LogP contribution in [0.5, 0.6) is 0 Å². The number of nitrogens with zero attached hydrogens (tertiary/aromatic N) is 2. The Hall–Kier alpha value is -2.59. The van der Waals surface area contributed by atoms with Crippen LogP contribution in [0.1, 0.15) is 67.8 Å². The highest BCUT2D eigenvalue weighted by Gasteiger charge is 2.51. The molecule has 2 saturated carbocycles. The zero-order valence-electron chi connectivity index (χ0n) is 18.7. The summed E-state index contributed by atoms with van der Waals surface area (Å²) in [6.45, 7) is 0.716. The summed E-state index contributed by atoms with van der Waals surface area (Å²) in [5.41, 5.74) is -2.06. The molecule has 33 heavy (non-hydrogen) atoms. The molecule has 176 valence electrons. The first kappa shape index (κ1) is 23.6. The molecular formula is C26H29F3N2O2. The molecule has 2 atom stereocenters. The number of hydrogen-bond acceptors (Lipinski definition) is 3. The SMILES string of the molecule is C[C@](O)(c1ccc(C(=O)N(C2CCC(C3CC=CC=C3C#N)CC2)C2CC2)cc1)C(F)(F)F. The van der Waals surface area contributed by atoms with Gasteiger partial charge in [0.05, 0.1) is 6.07 Å². The van der Waals surface area contributed by atoms with Gasteiger partial charge in [0.2, 0.25) is 0 Å². The zero-order valence-corrected chi connectivity index (χ0v) is 18.7. The summed E-state index contributed by atoms with van der Waals surface area (Å²) < 4.78 is 39.4. The van der Waals surface area contributed by atoms with Crippen LogP contribution in [0.2, 0.25) is 0 Å². The van der Waals surface area contributed by atoms with Crippen LogP contribution in [0, 0.1) is 23.2 Å². The number of carbonyl (C=O) groups excluding carboxylic acids is 1. The van der Waals surface area contributed by atoms with Crippen LogP contribution in [0.25, 0.3) is 0 Å². The van der Waals surface area contributed by atoms with Crippen molar-refractivity contribution in [1.82, 2.24) is 4.90 Å². The third-order valence-electron chi connectivity index (χ3n) is 7.45. The van der Waals surface area contributed by atoms with E-state index in [4.69, 9.17) is 0 Å². The third kappa shape index (κ3) is 4.72. The van der Waals surface area contributed by atoms with Crippen molar-refractivity contribution in [2.24, 2.45) is 11.8 Å². The number of carbonyl (C=O) groups is 1. The monoisotopic (exact) mass is 458 g/mol. The molecule has 4 nitrogen and oxygen atoms in total. The molecule has 1 aromatic carbocycles. The van der Waals surface area contributed by atoms with Crippen LogP contribution >= 0.6 is 0 Å². The number of halogens is 3. The molecule has 0 heterocycles. The smallest absolute Gasteiger partial charge is 0.376 e. The van der Waals surface area contributed by atoms with Crippen molar-refractivity contribution in [2.75, 3.05) is 0 Å². The van der Waals surface area contributed by atoms with Gasteiger partial charge in [-0.2, -0.15) is 18.4 Å². The summed E-state index contributed by atoms with van der Waals surface area (Å²) in [6, 6.07) is 7.77. The maximum atomic E-state index is 13.3. The van der Waals surface area contributed by atoms with Gasteiger partial charge in [0.25, 0.3) is 5.91 Å². The summed E-state index contributed by atoms with van der Waals surface area (Å²) in [5, 5.41) is 19.3. The number of hydrogen-bond donors (Lipinski definition) is 1. The average molecular weight is 459 g/mol. The largest absolute Gasteiger partial charge is 0.421 e. The third-order valence-corrected chi connectivity index (χ3v) is 7.45. The van der Waals surface area contributed by atoms with E-state index >= 15 is 0 Å². The van der Waals surface area contributed by atoms with E-state index in [1.54, 1.807) is 0 Å². The van der Waals surface area contributed by atoms with Crippen molar-refractivity contribution in [3.05, 3.63) is 59.2 Å². The van der Waals surface area contributed by atoms with Gasteiger partial charge in [0.15, 0.2) is 5.60 Å². The first-order chi connectivity index (χ1) is 15.6. The van der Waals surface area contributed by atoms with Crippen molar-refractivity contribution in [1.29, 1.82) is 5.26 Å². The van der Waals surface area contributed by atoms with Crippen LogP contribution in [0.4, 0.5) is 13.2 Å². The summed E-state index contributed by atoms with van der Waals surface area (Å²) in [7, 11) is 0. The predicted molar refractivity (Wildman–Crippen MR) is 118 cm³/mol. The summed E-state index contributed by atoms with van der Waals surface area (Å²) in [6.07, 6.45) is 7.56. The van der Waals surface area contributed by atoms with E-state index in [-0.39, 0.29) is 29.5 Å². The van der Waals surface area contributed by atoms with Crippen molar-refractivity contribution in [2.45, 2.75) is 75.7 Å². The molecule has 3 aliphatic rings. The Morgan fingerprint density at radius 2 is 1.64 bits per heavy atom. The highest BCUT2D eigenvalue weighted by molar-refractivity contribution is 5.95. The van der Waals surface area contributed by atoms with E-state index in [0.717, 1.165) is 50.5 Å². The van der Waals surface area contributed by atoms with Crippen LogP contribution in [0.3, 0.4) is 0 Å². The van der Waals surface area contributed by atoms with Gasteiger partial charge in [0.1, 0.15) is 0 Å². The fraction of sp³-hybridized carbons (Fsp3) is 0.538. The van der Waals surface area contributed by atoms with Gasteiger partial charge in [-0.1, -0.05) is 24.3 Å². The zero-order chi connectivity index (χ0) is 23.8. The first-order valence-electron chi connectivity index (χ1n) is 11.6. The minimum atomic E-state index is -4.80. The highest BCUT2D eigenvalue weighted by Crippen LogP contribution is 2.42. The molecule has 2 fully saturated rings. The van der Waals surface area contributed by atoms with Crippen molar-refractivity contribution >= 4 is 5.91 Å². The number of alkyl halides is 3. The molecule has 0 radical (unpaired) electrons. The second-order valence-electron chi connectivity index (χ2n) is 9.66. The van der Waals surface area contributed by atoms with Crippen LogP contribution in [-0.2, 0) is 5.60 Å². The lowest BCUT2D eigenvalue weighted by Gasteiger charge is -2.39. The lowest BCUT2D eigenvalue weighted by Crippen LogP contribution is -2.44. The van der Waals surface area contributed by atoms with E-state index in [9.17, 15) is 28.3 Å². The van der Waals surface area contributed by atoms with Gasteiger partial charge >= 0.3 is 6.18 Å². The Kier molecular flexibility index (Phi) is 6.41. The number of allylic oxidation sites excluding steroid dienone is 4. The lowest BCUT2D eigenvalue weighted by molar-refractivity contribution is -0.258. The lowest BCUT2D eigenvalue weighted by atomic mass is 9.72. The number of aliphatic hydroxyl groups is 1. The fourth-order valence-corrected chi connectivity index (χ4v) is 5.23. The molecule has 3 aliphatic carbocycles. The fourth-order valence-electron chi connectivity index (χ4n) is 5.23. The molecule has 0 saturated heterocycles. The van der Waals surface area contributed by atoms with Crippen molar-refractivity contribution in [3.63, 3.8) is 0 Å². The molecule has 0 bridgehead atoms. The quantitative estimate of drug-likeness (QED) is 0.621. The Morgan fingerprint density at radius 1 is 1.06 bits per heavy atom. The molecule has 1 aromatic rings. The van der Waals surface area contributed by atoms with Gasteiger partial charge in [-0.05, 0) is 81.6 Å². The van der Waals surface area contributed by atoms with Gasteiger partial charge in [-0.3, -0.25) is 4.79 Å². The minimum Gasteiger partial charge on any atom is -0.376 e. The molecule has 0 aromatic heterocycles. The van der Waals surface area contributed by atoms with E-state index < -0.39 is 11.8 Å². The molecule has 0 aliphatic heterocycles. The van der Waals surface area contributed by atoms with E-state index in [0.29, 0.717) is 18.4 Å². The molecule has 1 N–H and O–H groups in total. The number of benzene rings is 1. The van der Waals surface area contributed by atoms with Crippen molar-refractivity contribution in [3.8, 4) is 6.07 Å². The number of amides is 1. The van der Waals surface area contributed by atoms with Gasteiger partial charge < -0.3 is 10.0 Å². The second-order valence-corrected chi connectivity index (χ2v) is 9.66. The normalized spacial score (nSPS) is 27.3. The Morgan fingerprint density at radius 3 is 2.15 bits per heavy atom. The summed E-state index contributed by atoms with van der Waals surface area (Å²) in [5.74, 6) is 0.523. The molecule has 4 rings (SSSR count). The van der Waals surface area contributed by atoms with Crippen LogP contribution in [0.15, 0.2) is 48.1 Å². The van der Waals surface area contributed by atoms with Gasteiger partial charge in [-0.25, -0.2) is 0 Å². The van der Waals surface area contributed by atoms with E-state index in [1.807, 2.05) is 17.1 Å². The Balaban J connectivity index is 1.44. The van der Waals surface area contributed by atoms with Crippen molar-refractivity contribution < 1.29 is 23.1 Å². The predicted octanol–water partition coefficient (Wildman–Crippen LogP) is 5.65. The van der Waals surface area contributed by atoms with Gasteiger partial charge in [0, 0.05) is 29.1 Å². The molecular weight excluding hydrogens is 429 g/mol. The molecule has 1 amide bonds. The average Bonchev–Trinajstić information content (AvgIpc) is 3.64. The van der Waals surface area contributed by atoms with E-state index in [1.165, 1.54) is 24.3 Å². The number of nitriles is 1. The molecule has 0 spiro atoms. The maximum Gasteiger partial charge on any atom is 0.421 e. The Bertz CT molecular complexity index is 976. The molecule has 1 unspecified atom stereocenters. The Labute approximate surface area is 192 Å². The summed E-state index contributed by atoms with van der Waals surface area (Å²) in [4.78, 5) is 15.3. The topological polar surface area (TPSA) is 64.3 Å². The van der Waals surface area contributed by atoms with E-state index in [2.05, 4.69) is 12.1 Å². The first-order valence-corrected chi connectivity index (χ1v) is 11.6. The van der Waals surface area contributed by atoms with Crippen LogP contribution in [-0.4, -0.2) is 34.2 Å². The maximum absolute atomic E-state index is 13.3. The van der Waals surface area contributed by atoms with Gasteiger partial charge in [-0.15, -0.1) is 0 Å². The standard InChI is InChI=1S/C26H29F3N2O2/c1-25(33,26(27,28)29)20-10-6-18(7-11-20)24(32)31(22-14-15-22)21-12-8-17(9-13-21)23-5-3-2-4-19(23)16-30/h2-4,6-7,10-11,17,21-23,33H,5,8-9,12-15H2,1H3/t17?,21?,23?,25-/m0/s1. The number of rotatable bonds is 5. The highest BCUT2D eigenvalue weighted by atomic mass is 19.4. The summed E-state index contributed by atoms with van der Waals surface area (Å²) >= 11 is 0.